The Morgan fingerprint density at radius 3 is 2.75 bits per heavy atom. The molecule has 0 spiro atoms. The molecule has 1 aliphatic heterocycles. The number of aromatic nitrogens is 2. The molecule has 1 saturated carbocycles. The number of anilines is 1. The molecule has 1 saturated heterocycles. The van der Waals surface area contributed by atoms with Gasteiger partial charge in [0.25, 0.3) is 0 Å². The normalized spacial score (nSPS) is 20.1. The highest BCUT2D eigenvalue weighted by Gasteiger charge is 2.29. The summed E-state index contributed by atoms with van der Waals surface area (Å²) >= 11 is 0. The number of carboxylic acid groups (broad SMARTS) is 1. The average molecular weight is 391 g/mol. The minimum atomic E-state index is -0.862. The Morgan fingerprint density at radius 2 is 2.00 bits per heavy atom. The van der Waals surface area contributed by atoms with Gasteiger partial charge in [-0.2, -0.15) is 5.10 Å². The van der Waals surface area contributed by atoms with Gasteiger partial charge in [0, 0.05) is 37.9 Å². The maximum absolute atomic E-state index is 12.4. The van der Waals surface area contributed by atoms with Crippen molar-refractivity contribution in [3.63, 3.8) is 0 Å². The summed E-state index contributed by atoms with van der Waals surface area (Å²) in [4.78, 5) is 37.1. The fraction of sp³-hybridized carbons (Fsp3) is 0.684. The molecule has 2 heterocycles. The molecule has 0 radical (unpaired) electrons. The minimum Gasteiger partial charge on any atom is -0.481 e. The van der Waals surface area contributed by atoms with E-state index < -0.39 is 5.97 Å². The second-order valence-electron chi connectivity index (χ2n) is 7.68. The molecular weight excluding hydrogens is 362 g/mol. The molecule has 1 aromatic heterocycles. The third kappa shape index (κ3) is 5.24. The number of piperidine rings is 1. The van der Waals surface area contributed by atoms with Crippen LogP contribution < -0.4 is 10.6 Å². The zero-order valence-electron chi connectivity index (χ0n) is 16.1. The summed E-state index contributed by atoms with van der Waals surface area (Å²) in [5.74, 6) is -0.634. The Hall–Kier alpha value is -2.58. The number of H-pyrrole nitrogens is 1. The number of hydrogen-bond acceptors (Lipinski definition) is 4. The van der Waals surface area contributed by atoms with Crippen molar-refractivity contribution in [2.45, 2.75) is 57.3 Å². The number of carboxylic acids is 1. The number of amides is 3. The zero-order valence-corrected chi connectivity index (χ0v) is 16.1. The summed E-state index contributed by atoms with van der Waals surface area (Å²) in [5.41, 5.74) is 1.58. The molecule has 9 nitrogen and oxygen atoms in total. The lowest BCUT2D eigenvalue weighted by Crippen LogP contribution is -2.45. The van der Waals surface area contributed by atoms with Gasteiger partial charge in [0.2, 0.25) is 5.91 Å². The quantitative estimate of drug-likeness (QED) is 0.530. The Labute approximate surface area is 164 Å². The number of aromatic amines is 1. The van der Waals surface area contributed by atoms with E-state index in [0.717, 1.165) is 44.2 Å². The molecule has 1 aliphatic carbocycles. The Bertz CT molecular complexity index is 698. The van der Waals surface area contributed by atoms with Gasteiger partial charge in [-0.05, 0) is 32.1 Å². The van der Waals surface area contributed by atoms with Gasteiger partial charge >= 0.3 is 12.0 Å². The van der Waals surface area contributed by atoms with E-state index in [4.69, 9.17) is 5.11 Å². The Kier molecular flexibility index (Phi) is 6.89. The van der Waals surface area contributed by atoms with Crippen LogP contribution in [0.4, 0.5) is 10.5 Å². The van der Waals surface area contributed by atoms with E-state index in [1.165, 1.54) is 0 Å². The summed E-state index contributed by atoms with van der Waals surface area (Å²) in [6, 6.07) is -0.175. The third-order valence-corrected chi connectivity index (χ3v) is 5.61. The predicted molar refractivity (Wildman–Crippen MR) is 103 cm³/mol. The summed E-state index contributed by atoms with van der Waals surface area (Å²) in [6.45, 7) is 1.55. The molecule has 2 fully saturated rings. The number of carbonyl (C=O) groups excluding carboxylic acids is 2. The number of hydrogen-bond donors (Lipinski definition) is 4. The van der Waals surface area contributed by atoms with Gasteiger partial charge in [-0.1, -0.05) is 12.8 Å². The highest BCUT2D eigenvalue weighted by atomic mass is 16.4. The second kappa shape index (κ2) is 9.57. The number of nitrogens with zero attached hydrogens (tertiary/aromatic N) is 2. The molecule has 154 valence electrons. The van der Waals surface area contributed by atoms with Crippen molar-refractivity contribution in [2.24, 2.45) is 5.92 Å². The summed E-state index contributed by atoms with van der Waals surface area (Å²) < 4.78 is 0. The Balaban J connectivity index is 1.54. The molecule has 9 heteroatoms. The lowest BCUT2D eigenvalue weighted by atomic mass is 9.94. The number of rotatable bonds is 7. The number of nitrogens with one attached hydrogen (secondary N) is 3. The fourth-order valence-electron chi connectivity index (χ4n) is 4.07. The van der Waals surface area contributed by atoms with Crippen LogP contribution in [0.25, 0.3) is 0 Å². The molecule has 28 heavy (non-hydrogen) atoms. The molecule has 4 N–H and O–H groups in total. The van der Waals surface area contributed by atoms with Crippen molar-refractivity contribution in [1.82, 2.24) is 20.4 Å². The van der Waals surface area contributed by atoms with Gasteiger partial charge in [0.15, 0.2) is 0 Å². The highest BCUT2D eigenvalue weighted by molar-refractivity contribution is 5.93. The van der Waals surface area contributed by atoms with Crippen LogP contribution in [0.1, 0.15) is 63.0 Å². The smallest absolute Gasteiger partial charge is 0.317 e. The van der Waals surface area contributed by atoms with Crippen LogP contribution >= 0.6 is 0 Å². The van der Waals surface area contributed by atoms with Gasteiger partial charge in [0.05, 0.1) is 17.6 Å². The molecule has 1 atom stereocenters. The fourth-order valence-corrected chi connectivity index (χ4v) is 4.07. The van der Waals surface area contributed by atoms with E-state index >= 15 is 0 Å². The third-order valence-electron chi connectivity index (χ3n) is 5.61. The van der Waals surface area contributed by atoms with Crippen LogP contribution in [0.5, 0.6) is 0 Å². The molecule has 0 aromatic carbocycles. The van der Waals surface area contributed by atoms with E-state index in [0.29, 0.717) is 31.7 Å². The van der Waals surface area contributed by atoms with E-state index in [2.05, 4.69) is 20.8 Å². The monoisotopic (exact) mass is 391 g/mol. The zero-order chi connectivity index (χ0) is 19.9. The summed E-state index contributed by atoms with van der Waals surface area (Å²) in [7, 11) is 0. The first-order valence-electron chi connectivity index (χ1n) is 10.1. The van der Waals surface area contributed by atoms with E-state index in [9.17, 15) is 14.4 Å². The summed E-state index contributed by atoms with van der Waals surface area (Å²) in [6.07, 6.45) is 7.98. The first-order chi connectivity index (χ1) is 13.5. The van der Waals surface area contributed by atoms with E-state index in [1.54, 1.807) is 11.1 Å². The van der Waals surface area contributed by atoms with Crippen molar-refractivity contribution in [2.75, 3.05) is 25.0 Å². The molecule has 1 unspecified atom stereocenters. The van der Waals surface area contributed by atoms with Gasteiger partial charge in [-0.15, -0.1) is 0 Å². The van der Waals surface area contributed by atoms with Crippen molar-refractivity contribution in [3.8, 4) is 0 Å². The largest absolute Gasteiger partial charge is 0.481 e. The van der Waals surface area contributed by atoms with Crippen molar-refractivity contribution < 1.29 is 19.5 Å². The number of carbonyl (C=O) groups is 3. The van der Waals surface area contributed by atoms with Crippen molar-refractivity contribution >= 4 is 23.6 Å². The lowest BCUT2D eigenvalue weighted by Gasteiger charge is -2.32. The van der Waals surface area contributed by atoms with Crippen molar-refractivity contribution in [3.05, 3.63) is 11.9 Å². The van der Waals surface area contributed by atoms with Gasteiger partial charge in [-0.3, -0.25) is 14.7 Å². The van der Waals surface area contributed by atoms with Gasteiger partial charge in [-0.25, -0.2) is 4.79 Å². The number of urea groups is 1. The molecule has 2 aliphatic rings. The maximum atomic E-state index is 12.4. The second-order valence-corrected chi connectivity index (χ2v) is 7.68. The highest BCUT2D eigenvalue weighted by Crippen LogP contribution is 2.32. The standard InChI is InChI=1S/C19H29N5O4/c25-16(26)8-3-9-20-19(28)24-10-4-7-14(12-24)17-15(11-21-23-17)22-18(27)13-5-1-2-6-13/h11,13-14H,1-10,12H2,(H,20,28)(H,21,23)(H,22,27)(H,25,26). The SMILES string of the molecule is O=C(O)CCCNC(=O)N1CCCC(c2[nH]ncc2NC(=O)C2CCCC2)C1. The first kappa shape index (κ1) is 20.2. The van der Waals surface area contributed by atoms with Gasteiger partial charge < -0.3 is 20.6 Å². The molecule has 3 rings (SSSR count). The first-order valence-corrected chi connectivity index (χ1v) is 10.1. The van der Waals surface area contributed by atoms with Crippen LogP contribution in [0.2, 0.25) is 0 Å². The average Bonchev–Trinajstić information content (AvgIpc) is 3.37. The van der Waals surface area contributed by atoms with Gasteiger partial charge in [0.1, 0.15) is 0 Å². The van der Waals surface area contributed by atoms with Crippen LogP contribution in [-0.4, -0.2) is 57.7 Å². The number of aliphatic carboxylic acids is 1. The van der Waals surface area contributed by atoms with Crippen LogP contribution in [-0.2, 0) is 9.59 Å². The van der Waals surface area contributed by atoms with Crippen LogP contribution in [0.3, 0.4) is 0 Å². The topological polar surface area (TPSA) is 127 Å². The molecular formula is C19H29N5O4. The van der Waals surface area contributed by atoms with Crippen molar-refractivity contribution in [1.29, 1.82) is 0 Å². The maximum Gasteiger partial charge on any atom is 0.317 e. The predicted octanol–water partition coefficient (Wildman–Crippen LogP) is 2.29. The Morgan fingerprint density at radius 1 is 1.21 bits per heavy atom. The summed E-state index contributed by atoms with van der Waals surface area (Å²) in [5, 5.41) is 21.6. The molecule has 0 bridgehead atoms. The minimum absolute atomic E-state index is 0.0428. The van der Waals surface area contributed by atoms with E-state index in [1.807, 2.05) is 0 Å². The van der Waals surface area contributed by atoms with Crippen LogP contribution in [0, 0.1) is 5.92 Å². The lowest BCUT2D eigenvalue weighted by molar-refractivity contribution is -0.137. The number of likely N-dealkylation sites (tertiary alicyclic amines) is 1. The van der Waals surface area contributed by atoms with Crippen LogP contribution in [0.15, 0.2) is 6.20 Å². The molecule has 3 amide bonds. The van der Waals surface area contributed by atoms with E-state index in [-0.39, 0.29) is 30.2 Å². The molecule has 1 aromatic rings.